The summed E-state index contributed by atoms with van der Waals surface area (Å²) in [4.78, 5) is 43.6. The molecule has 3 rings (SSSR count). The van der Waals surface area contributed by atoms with Crippen molar-refractivity contribution in [2.24, 2.45) is 0 Å². The molecule has 3 amide bonds. The Labute approximate surface area is 180 Å². The monoisotopic (exact) mass is 441 g/mol. The molecule has 0 bridgehead atoms. The second-order valence-electron chi connectivity index (χ2n) is 7.38. The van der Waals surface area contributed by atoms with Crippen LogP contribution in [-0.4, -0.2) is 91.3 Å². The molecule has 0 aromatic heterocycles. The molecule has 2 fully saturated rings. The Kier molecular flexibility index (Phi) is 7.34. The third-order valence-electron chi connectivity index (χ3n) is 5.13. The predicted molar refractivity (Wildman–Crippen MR) is 112 cm³/mol. The Bertz CT molecular complexity index is 763. The number of carbonyl (C=O) groups is 3. The summed E-state index contributed by atoms with van der Waals surface area (Å²) in [5.41, 5.74) is 0.444. The number of carbonyl (C=O) groups excluding carboxylic acids is 3. The molecule has 1 aromatic carbocycles. The first-order chi connectivity index (χ1) is 13.8. The lowest BCUT2D eigenvalue weighted by molar-refractivity contribution is -0.145. The fourth-order valence-electron chi connectivity index (χ4n) is 3.52. The van der Waals surface area contributed by atoms with Crippen molar-refractivity contribution in [3.05, 3.63) is 28.2 Å². The number of hydrogen-bond donors (Lipinski definition) is 2. The largest absolute Gasteiger partial charge is 0.353 e. The minimum absolute atomic E-state index is 0.131. The molecular weight excluding hydrogens is 417 g/mol. The highest BCUT2D eigenvalue weighted by Crippen LogP contribution is 2.23. The molecule has 1 atom stereocenters. The van der Waals surface area contributed by atoms with Gasteiger partial charge in [0.25, 0.3) is 0 Å². The topological polar surface area (TPSA) is 85.0 Å². The Hall–Kier alpha value is -1.87. The normalized spacial score (nSPS) is 21.0. The van der Waals surface area contributed by atoms with Crippen molar-refractivity contribution < 1.29 is 14.4 Å². The predicted octanol–water partition coefficient (Wildman–Crippen LogP) is 0.896. The van der Waals surface area contributed by atoms with Gasteiger partial charge < -0.3 is 20.4 Å². The van der Waals surface area contributed by atoms with Gasteiger partial charge in [-0.15, -0.1) is 0 Å². The molecule has 0 saturated carbocycles. The van der Waals surface area contributed by atoms with E-state index in [1.54, 1.807) is 18.2 Å². The van der Waals surface area contributed by atoms with Crippen LogP contribution in [0.1, 0.15) is 6.42 Å². The zero-order valence-corrected chi connectivity index (χ0v) is 17.8. The van der Waals surface area contributed by atoms with E-state index in [1.165, 1.54) is 4.90 Å². The minimum Gasteiger partial charge on any atom is -0.353 e. The van der Waals surface area contributed by atoms with Crippen molar-refractivity contribution in [1.29, 1.82) is 0 Å². The van der Waals surface area contributed by atoms with Gasteiger partial charge in [0, 0.05) is 55.0 Å². The molecule has 2 N–H and O–H groups in total. The van der Waals surface area contributed by atoms with Gasteiger partial charge in [0.1, 0.15) is 6.04 Å². The van der Waals surface area contributed by atoms with E-state index >= 15 is 0 Å². The Morgan fingerprint density at radius 2 is 1.76 bits per heavy atom. The second kappa shape index (κ2) is 9.75. The number of benzene rings is 1. The van der Waals surface area contributed by atoms with Crippen LogP contribution < -0.4 is 10.6 Å². The molecule has 2 aliphatic rings. The van der Waals surface area contributed by atoms with Gasteiger partial charge in [-0.25, -0.2) is 0 Å². The first-order valence-electron chi connectivity index (χ1n) is 9.56. The lowest BCUT2D eigenvalue weighted by atomic mass is 10.1. The molecule has 2 saturated heterocycles. The van der Waals surface area contributed by atoms with E-state index in [-0.39, 0.29) is 30.7 Å². The van der Waals surface area contributed by atoms with Crippen LogP contribution >= 0.6 is 23.2 Å². The molecule has 0 unspecified atom stereocenters. The first kappa shape index (κ1) is 21.8. The number of rotatable bonds is 5. The summed E-state index contributed by atoms with van der Waals surface area (Å²) in [5.74, 6) is -0.835. The molecule has 10 heteroatoms. The Morgan fingerprint density at radius 3 is 2.41 bits per heavy atom. The fraction of sp³-hybridized carbons (Fsp3) is 0.526. The van der Waals surface area contributed by atoms with Crippen LogP contribution in [0, 0.1) is 0 Å². The Morgan fingerprint density at radius 1 is 1.10 bits per heavy atom. The number of piperazine rings is 2. The standard InChI is InChI=1S/C19H25Cl2N5O3/c1-24-4-6-25(7-5-24)12-18(28)26-3-2-22-19(29)16(26)11-17(27)23-15-9-13(20)8-14(21)10-15/h8-10,16H,2-7,11-12H2,1H3,(H,22,29)(H,23,27)/t16-/m1/s1. The number of nitrogens with one attached hydrogen (secondary N) is 2. The van der Waals surface area contributed by atoms with Crippen LogP contribution in [0.3, 0.4) is 0 Å². The summed E-state index contributed by atoms with van der Waals surface area (Å²) in [7, 11) is 2.05. The molecule has 2 heterocycles. The van der Waals surface area contributed by atoms with Crippen molar-refractivity contribution in [1.82, 2.24) is 20.0 Å². The molecule has 158 valence electrons. The fourth-order valence-corrected chi connectivity index (χ4v) is 4.04. The second-order valence-corrected chi connectivity index (χ2v) is 8.26. The van der Waals surface area contributed by atoms with Crippen molar-refractivity contribution in [2.75, 3.05) is 58.2 Å². The van der Waals surface area contributed by atoms with Crippen molar-refractivity contribution in [3.63, 3.8) is 0 Å². The van der Waals surface area contributed by atoms with E-state index < -0.39 is 6.04 Å². The van der Waals surface area contributed by atoms with E-state index in [1.807, 2.05) is 0 Å². The van der Waals surface area contributed by atoms with Gasteiger partial charge in [-0.1, -0.05) is 23.2 Å². The van der Waals surface area contributed by atoms with Gasteiger partial charge in [0.15, 0.2) is 0 Å². The summed E-state index contributed by atoms with van der Waals surface area (Å²) >= 11 is 11.9. The number of halogens is 2. The zero-order chi connectivity index (χ0) is 21.0. The van der Waals surface area contributed by atoms with Gasteiger partial charge >= 0.3 is 0 Å². The lowest BCUT2D eigenvalue weighted by Crippen LogP contribution is -2.60. The molecule has 8 nitrogen and oxygen atoms in total. The molecule has 29 heavy (non-hydrogen) atoms. The number of likely N-dealkylation sites (N-methyl/N-ethyl adjacent to an activating group) is 1. The van der Waals surface area contributed by atoms with Gasteiger partial charge in [0.2, 0.25) is 17.7 Å². The number of anilines is 1. The highest BCUT2D eigenvalue weighted by molar-refractivity contribution is 6.35. The average molecular weight is 442 g/mol. The van der Waals surface area contributed by atoms with E-state index in [0.717, 1.165) is 26.2 Å². The van der Waals surface area contributed by atoms with Crippen LogP contribution in [0.15, 0.2) is 18.2 Å². The SMILES string of the molecule is CN1CCN(CC(=O)N2CCNC(=O)[C@H]2CC(=O)Nc2cc(Cl)cc(Cl)c2)CC1. The third-order valence-corrected chi connectivity index (χ3v) is 5.57. The number of nitrogens with zero attached hydrogens (tertiary/aromatic N) is 3. The first-order valence-corrected chi connectivity index (χ1v) is 10.3. The van der Waals surface area contributed by atoms with E-state index in [0.29, 0.717) is 28.8 Å². The minimum atomic E-state index is -0.835. The van der Waals surface area contributed by atoms with Crippen molar-refractivity contribution in [3.8, 4) is 0 Å². The third kappa shape index (κ3) is 6.05. The summed E-state index contributed by atoms with van der Waals surface area (Å²) in [6.45, 7) is 4.45. The van der Waals surface area contributed by atoms with Crippen LogP contribution in [-0.2, 0) is 14.4 Å². The molecular formula is C19H25Cl2N5O3. The molecule has 1 aromatic rings. The number of amides is 3. The van der Waals surface area contributed by atoms with E-state index in [2.05, 4.69) is 27.5 Å². The van der Waals surface area contributed by atoms with Gasteiger partial charge in [-0.3, -0.25) is 19.3 Å². The van der Waals surface area contributed by atoms with Crippen LogP contribution in [0.4, 0.5) is 5.69 Å². The van der Waals surface area contributed by atoms with Crippen LogP contribution in [0.5, 0.6) is 0 Å². The quantitative estimate of drug-likeness (QED) is 0.708. The van der Waals surface area contributed by atoms with Crippen molar-refractivity contribution in [2.45, 2.75) is 12.5 Å². The van der Waals surface area contributed by atoms with Gasteiger partial charge in [-0.2, -0.15) is 0 Å². The van der Waals surface area contributed by atoms with E-state index in [4.69, 9.17) is 23.2 Å². The van der Waals surface area contributed by atoms with Crippen LogP contribution in [0.25, 0.3) is 0 Å². The molecule has 0 radical (unpaired) electrons. The maximum absolute atomic E-state index is 12.9. The maximum atomic E-state index is 12.9. The lowest BCUT2D eigenvalue weighted by Gasteiger charge is -2.37. The summed E-state index contributed by atoms with van der Waals surface area (Å²) in [6.07, 6.45) is -0.134. The highest BCUT2D eigenvalue weighted by Gasteiger charge is 2.35. The van der Waals surface area contributed by atoms with Gasteiger partial charge in [-0.05, 0) is 25.2 Å². The zero-order valence-electron chi connectivity index (χ0n) is 16.3. The summed E-state index contributed by atoms with van der Waals surface area (Å²) in [6, 6.07) is 3.87. The van der Waals surface area contributed by atoms with Crippen molar-refractivity contribution >= 4 is 46.6 Å². The van der Waals surface area contributed by atoms with Crippen LogP contribution in [0.2, 0.25) is 10.0 Å². The van der Waals surface area contributed by atoms with E-state index in [9.17, 15) is 14.4 Å². The summed E-state index contributed by atoms with van der Waals surface area (Å²) < 4.78 is 0. The van der Waals surface area contributed by atoms with Gasteiger partial charge in [0.05, 0.1) is 13.0 Å². The average Bonchev–Trinajstić information content (AvgIpc) is 2.64. The maximum Gasteiger partial charge on any atom is 0.243 e. The molecule has 2 aliphatic heterocycles. The Balaban J connectivity index is 1.62. The smallest absolute Gasteiger partial charge is 0.243 e. The summed E-state index contributed by atoms with van der Waals surface area (Å²) in [5, 5.41) is 6.23. The molecule has 0 aliphatic carbocycles. The highest BCUT2D eigenvalue weighted by atomic mass is 35.5. The number of hydrogen-bond acceptors (Lipinski definition) is 5. The molecule has 0 spiro atoms.